The highest BCUT2D eigenvalue weighted by molar-refractivity contribution is 5.94. The summed E-state index contributed by atoms with van der Waals surface area (Å²) in [7, 11) is 2.20. The van der Waals surface area contributed by atoms with Crippen LogP contribution in [0.15, 0.2) is 36.4 Å². The molecule has 0 spiro atoms. The number of anilines is 1. The van der Waals surface area contributed by atoms with E-state index in [1.54, 1.807) is 0 Å². The molecule has 6 nitrogen and oxygen atoms in total. The molecular weight excluding hydrogens is 434 g/mol. The molecule has 2 fully saturated rings. The van der Waals surface area contributed by atoms with Crippen LogP contribution in [0.3, 0.4) is 0 Å². The molecule has 0 aliphatic carbocycles. The van der Waals surface area contributed by atoms with Crippen LogP contribution in [0.1, 0.15) is 32.2 Å². The van der Waals surface area contributed by atoms with Crippen molar-refractivity contribution in [3.63, 3.8) is 0 Å². The van der Waals surface area contributed by atoms with Crippen molar-refractivity contribution in [1.82, 2.24) is 19.4 Å². The number of aryl methyl sites for hydroxylation is 2. The molecule has 0 amide bonds. The van der Waals surface area contributed by atoms with Crippen molar-refractivity contribution in [3.8, 4) is 11.3 Å². The van der Waals surface area contributed by atoms with Crippen molar-refractivity contribution in [2.45, 2.75) is 46.2 Å². The second-order valence-electron chi connectivity index (χ2n) is 10.6. The Balaban J connectivity index is 1.37. The molecule has 0 radical (unpaired) electrons. The van der Waals surface area contributed by atoms with Gasteiger partial charge < -0.3 is 14.2 Å². The summed E-state index contributed by atoms with van der Waals surface area (Å²) in [5.74, 6) is 0. The Bertz CT molecular complexity index is 1150. The second kappa shape index (κ2) is 10.3. The van der Waals surface area contributed by atoms with Crippen molar-refractivity contribution in [2.75, 3.05) is 57.4 Å². The fourth-order valence-corrected chi connectivity index (χ4v) is 5.86. The van der Waals surface area contributed by atoms with Gasteiger partial charge in [-0.2, -0.15) is 0 Å². The van der Waals surface area contributed by atoms with Crippen molar-refractivity contribution >= 4 is 16.6 Å². The summed E-state index contributed by atoms with van der Waals surface area (Å²) in [6.07, 6.45) is 1.04. The lowest BCUT2D eigenvalue weighted by Crippen LogP contribution is -2.54. The van der Waals surface area contributed by atoms with Gasteiger partial charge in [-0.05, 0) is 52.0 Å². The quantitative estimate of drug-likeness (QED) is 0.530. The minimum Gasteiger partial charge on any atom is -0.379 e. The van der Waals surface area contributed by atoms with Gasteiger partial charge in [-0.15, -0.1) is 0 Å². The van der Waals surface area contributed by atoms with Crippen molar-refractivity contribution in [3.05, 3.63) is 47.8 Å². The highest BCUT2D eigenvalue weighted by Crippen LogP contribution is 2.32. The average molecular weight is 476 g/mol. The standard InChI is InChI=1S/C29H41N5O/c1-21(2)34-13-12-33(20-23(34)4)25-8-6-24(7-9-25)29-27-19-26(10-11-32-14-16-35-17-15-32)31(5)28(27)18-22(3)30-29/h6-9,18-19,21,23H,10-17,20H2,1-5H3/t23-/m0/s1. The summed E-state index contributed by atoms with van der Waals surface area (Å²) in [5.41, 5.74) is 7.31. The van der Waals surface area contributed by atoms with Gasteiger partial charge in [0.25, 0.3) is 0 Å². The van der Waals surface area contributed by atoms with Gasteiger partial charge in [-0.3, -0.25) is 14.8 Å². The number of aromatic nitrogens is 2. The maximum atomic E-state index is 5.51. The van der Waals surface area contributed by atoms with Crippen molar-refractivity contribution in [2.24, 2.45) is 7.05 Å². The molecule has 35 heavy (non-hydrogen) atoms. The Labute approximate surface area is 210 Å². The van der Waals surface area contributed by atoms with Crippen LogP contribution in [0.4, 0.5) is 5.69 Å². The summed E-state index contributed by atoms with van der Waals surface area (Å²) in [4.78, 5) is 12.6. The van der Waals surface area contributed by atoms with E-state index in [4.69, 9.17) is 9.72 Å². The predicted octanol–water partition coefficient (Wildman–Crippen LogP) is 4.34. The number of pyridine rings is 1. The molecule has 0 saturated carbocycles. The highest BCUT2D eigenvalue weighted by atomic mass is 16.5. The van der Waals surface area contributed by atoms with E-state index >= 15 is 0 Å². The molecule has 2 aliphatic rings. The van der Waals surface area contributed by atoms with Gasteiger partial charge in [0, 0.05) is 92.8 Å². The molecular formula is C29H41N5O. The number of fused-ring (bicyclic) bond motifs is 1. The van der Waals surface area contributed by atoms with Crippen LogP contribution in [0, 0.1) is 6.92 Å². The average Bonchev–Trinajstić information content (AvgIpc) is 3.18. The highest BCUT2D eigenvalue weighted by Gasteiger charge is 2.25. The number of morpholine rings is 1. The Hall–Kier alpha value is -2.41. The lowest BCUT2D eigenvalue weighted by Gasteiger charge is -2.43. The van der Waals surface area contributed by atoms with Crippen LogP contribution in [0.2, 0.25) is 0 Å². The van der Waals surface area contributed by atoms with Crippen LogP contribution in [-0.4, -0.2) is 83.9 Å². The molecule has 4 heterocycles. The third-order valence-electron chi connectivity index (χ3n) is 7.90. The molecule has 0 N–H and O–H groups in total. The number of rotatable bonds is 6. The van der Waals surface area contributed by atoms with Crippen molar-refractivity contribution in [1.29, 1.82) is 0 Å². The molecule has 0 unspecified atom stereocenters. The zero-order valence-electron chi connectivity index (χ0n) is 22.1. The lowest BCUT2D eigenvalue weighted by atomic mass is 10.0. The van der Waals surface area contributed by atoms with Gasteiger partial charge in [0.15, 0.2) is 0 Å². The first kappa shape index (κ1) is 24.3. The SMILES string of the molecule is Cc1cc2c(cc(CCN3CCOCC3)n2C)c(-c2ccc(N3CCN(C(C)C)[C@@H](C)C3)cc2)n1. The lowest BCUT2D eigenvalue weighted by molar-refractivity contribution is 0.0383. The first-order valence-corrected chi connectivity index (χ1v) is 13.3. The molecule has 3 aromatic rings. The fourth-order valence-electron chi connectivity index (χ4n) is 5.86. The van der Waals surface area contributed by atoms with Crippen LogP contribution in [0.25, 0.3) is 22.2 Å². The number of nitrogens with zero attached hydrogens (tertiary/aromatic N) is 5. The zero-order chi connectivity index (χ0) is 24.5. The summed E-state index contributed by atoms with van der Waals surface area (Å²) in [6, 6.07) is 14.8. The first-order chi connectivity index (χ1) is 16.9. The van der Waals surface area contributed by atoms with Crippen LogP contribution in [0.5, 0.6) is 0 Å². The topological polar surface area (TPSA) is 36.8 Å². The molecule has 0 bridgehead atoms. The van der Waals surface area contributed by atoms with E-state index in [1.165, 1.54) is 27.8 Å². The summed E-state index contributed by atoms with van der Waals surface area (Å²) in [5, 5.41) is 1.25. The van der Waals surface area contributed by atoms with E-state index in [9.17, 15) is 0 Å². The molecule has 188 valence electrons. The predicted molar refractivity (Wildman–Crippen MR) is 145 cm³/mol. The van der Waals surface area contributed by atoms with E-state index in [0.717, 1.165) is 70.3 Å². The minimum atomic E-state index is 0.571. The largest absolute Gasteiger partial charge is 0.379 e. The molecule has 1 atom stereocenters. The number of ether oxygens (including phenoxy) is 1. The molecule has 1 aromatic carbocycles. The fraction of sp³-hybridized carbons (Fsp3) is 0.552. The van der Waals surface area contributed by atoms with E-state index < -0.39 is 0 Å². The monoisotopic (exact) mass is 475 g/mol. The number of benzene rings is 1. The molecule has 5 rings (SSSR count). The van der Waals surface area contributed by atoms with Gasteiger partial charge in [-0.25, -0.2) is 0 Å². The van der Waals surface area contributed by atoms with Gasteiger partial charge in [0.1, 0.15) is 0 Å². The Morgan fingerprint density at radius 2 is 1.77 bits per heavy atom. The van der Waals surface area contributed by atoms with Crippen molar-refractivity contribution < 1.29 is 4.74 Å². The van der Waals surface area contributed by atoms with Crippen LogP contribution >= 0.6 is 0 Å². The van der Waals surface area contributed by atoms with E-state index in [1.807, 2.05) is 0 Å². The molecule has 2 aromatic heterocycles. The second-order valence-corrected chi connectivity index (χ2v) is 10.6. The first-order valence-electron chi connectivity index (χ1n) is 13.3. The summed E-state index contributed by atoms with van der Waals surface area (Å²) >= 11 is 0. The van der Waals surface area contributed by atoms with E-state index in [0.29, 0.717) is 12.1 Å². The smallest absolute Gasteiger partial charge is 0.0799 e. The van der Waals surface area contributed by atoms with Gasteiger partial charge in [0.05, 0.1) is 24.4 Å². The van der Waals surface area contributed by atoms with Crippen LogP contribution < -0.4 is 4.90 Å². The molecule has 2 saturated heterocycles. The summed E-state index contributed by atoms with van der Waals surface area (Å²) in [6.45, 7) is 17.2. The minimum absolute atomic E-state index is 0.571. The Kier molecular flexibility index (Phi) is 7.14. The van der Waals surface area contributed by atoms with E-state index in [2.05, 4.69) is 90.4 Å². The van der Waals surface area contributed by atoms with Crippen LogP contribution in [-0.2, 0) is 18.2 Å². The Morgan fingerprint density at radius 1 is 1.03 bits per heavy atom. The van der Waals surface area contributed by atoms with Gasteiger partial charge in [0.2, 0.25) is 0 Å². The number of hydrogen-bond acceptors (Lipinski definition) is 5. The number of piperazine rings is 1. The van der Waals surface area contributed by atoms with Gasteiger partial charge >= 0.3 is 0 Å². The maximum Gasteiger partial charge on any atom is 0.0799 e. The maximum absolute atomic E-state index is 5.51. The van der Waals surface area contributed by atoms with Gasteiger partial charge in [-0.1, -0.05) is 12.1 Å². The third kappa shape index (κ3) is 5.11. The molecule has 2 aliphatic heterocycles. The summed E-state index contributed by atoms with van der Waals surface area (Å²) < 4.78 is 7.87. The Morgan fingerprint density at radius 3 is 2.46 bits per heavy atom. The third-order valence-corrected chi connectivity index (χ3v) is 7.90. The van der Waals surface area contributed by atoms with E-state index in [-0.39, 0.29) is 0 Å². The molecule has 6 heteroatoms. The zero-order valence-corrected chi connectivity index (χ0v) is 22.1. The normalized spacial score (nSPS) is 20.3. The number of hydrogen-bond donors (Lipinski definition) is 0.